The molecule has 124 valence electrons. The molecule has 1 aromatic heterocycles. The third kappa shape index (κ3) is 3.58. The molecule has 0 bridgehead atoms. The highest BCUT2D eigenvalue weighted by Crippen LogP contribution is 2.23. The van der Waals surface area contributed by atoms with Crippen molar-refractivity contribution in [2.45, 2.75) is 38.0 Å². The van der Waals surface area contributed by atoms with Gasteiger partial charge in [0, 0.05) is 24.1 Å². The van der Waals surface area contributed by atoms with Crippen LogP contribution in [0.1, 0.15) is 42.0 Å². The molecular weight excluding hydrogens is 322 g/mol. The SMILES string of the molecule is Cc1c(C(=O)N2CCSC(C)C2)nnn1C1CCNCC1.Cl. The van der Waals surface area contributed by atoms with Gasteiger partial charge in [-0.3, -0.25) is 4.79 Å². The molecule has 22 heavy (non-hydrogen) atoms. The number of hydrogen-bond acceptors (Lipinski definition) is 5. The number of thioether (sulfide) groups is 1. The fourth-order valence-corrected chi connectivity index (χ4v) is 4.10. The third-order valence-corrected chi connectivity index (χ3v) is 5.45. The summed E-state index contributed by atoms with van der Waals surface area (Å²) in [7, 11) is 0. The Kier molecular flexibility index (Phi) is 6.11. The van der Waals surface area contributed by atoms with E-state index in [9.17, 15) is 4.79 Å². The van der Waals surface area contributed by atoms with Crippen LogP contribution in [0.15, 0.2) is 0 Å². The molecule has 6 nitrogen and oxygen atoms in total. The van der Waals surface area contributed by atoms with Gasteiger partial charge in [-0.25, -0.2) is 4.68 Å². The van der Waals surface area contributed by atoms with Gasteiger partial charge in [0.1, 0.15) is 0 Å². The lowest BCUT2D eigenvalue weighted by Gasteiger charge is -2.30. The third-order valence-electron chi connectivity index (χ3n) is 4.31. The fourth-order valence-electron chi connectivity index (χ4n) is 3.09. The molecule has 0 radical (unpaired) electrons. The average molecular weight is 346 g/mol. The Morgan fingerprint density at radius 2 is 2.09 bits per heavy atom. The highest BCUT2D eigenvalue weighted by molar-refractivity contribution is 7.99. The summed E-state index contributed by atoms with van der Waals surface area (Å²) in [5, 5.41) is 12.3. The summed E-state index contributed by atoms with van der Waals surface area (Å²) in [5.74, 6) is 1.05. The molecule has 1 aromatic rings. The summed E-state index contributed by atoms with van der Waals surface area (Å²) in [6.07, 6.45) is 2.10. The number of carbonyl (C=O) groups is 1. The van der Waals surface area contributed by atoms with Crippen molar-refractivity contribution >= 4 is 30.1 Å². The standard InChI is InChI=1S/C14H23N5OS.ClH/c1-10-9-18(7-8-21-10)14(20)13-11(2)19(17-16-13)12-3-5-15-6-4-12;/h10,12,15H,3-9H2,1-2H3;1H. The van der Waals surface area contributed by atoms with Gasteiger partial charge < -0.3 is 10.2 Å². The van der Waals surface area contributed by atoms with E-state index in [-0.39, 0.29) is 18.3 Å². The number of amides is 1. The van der Waals surface area contributed by atoms with Crippen molar-refractivity contribution in [2.24, 2.45) is 0 Å². The van der Waals surface area contributed by atoms with Crippen LogP contribution in [0.3, 0.4) is 0 Å². The van der Waals surface area contributed by atoms with Gasteiger partial charge in [-0.05, 0) is 32.9 Å². The molecule has 2 saturated heterocycles. The molecular formula is C14H24ClN5OS. The number of carbonyl (C=O) groups excluding carboxylic acids is 1. The fraction of sp³-hybridized carbons (Fsp3) is 0.786. The maximum Gasteiger partial charge on any atom is 0.276 e. The van der Waals surface area contributed by atoms with Crippen molar-refractivity contribution < 1.29 is 4.79 Å². The first-order valence-electron chi connectivity index (χ1n) is 7.70. The molecule has 1 N–H and O–H groups in total. The van der Waals surface area contributed by atoms with Crippen LogP contribution < -0.4 is 5.32 Å². The second-order valence-corrected chi connectivity index (χ2v) is 7.43. The van der Waals surface area contributed by atoms with Crippen LogP contribution in [0.4, 0.5) is 0 Å². The molecule has 1 unspecified atom stereocenters. The van der Waals surface area contributed by atoms with Crippen molar-refractivity contribution in [3.05, 3.63) is 11.4 Å². The maximum atomic E-state index is 12.7. The first-order chi connectivity index (χ1) is 10.2. The largest absolute Gasteiger partial charge is 0.335 e. The summed E-state index contributed by atoms with van der Waals surface area (Å²) in [4.78, 5) is 14.6. The number of piperidine rings is 1. The van der Waals surface area contributed by atoms with Crippen molar-refractivity contribution in [2.75, 3.05) is 31.9 Å². The van der Waals surface area contributed by atoms with Gasteiger partial charge in [0.15, 0.2) is 5.69 Å². The van der Waals surface area contributed by atoms with Crippen LogP contribution in [-0.2, 0) is 0 Å². The molecule has 0 spiro atoms. The second kappa shape index (κ2) is 7.66. The van der Waals surface area contributed by atoms with Crippen LogP contribution in [0, 0.1) is 6.92 Å². The minimum Gasteiger partial charge on any atom is -0.335 e. The maximum absolute atomic E-state index is 12.7. The first kappa shape index (κ1) is 17.6. The van der Waals surface area contributed by atoms with E-state index in [2.05, 4.69) is 22.6 Å². The van der Waals surface area contributed by atoms with E-state index in [4.69, 9.17) is 0 Å². The molecule has 1 atom stereocenters. The zero-order valence-corrected chi connectivity index (χ0v) is 14.8. The van der Waals surface area contributed by atoms with E-state index in [0.717, 1.165) is 50.5 Å². The number of aromatic nitrogens is 3. The Morgan fingerprint density at radius 1 is 1.36 bits per heavy atom. The Morgan fingerprint density at radius 3 is 2.77 bits per heavy atom. The highest BCUT2D eigenvalue weighted by atomic mass is 35.5. The molecule has 3 rings (SSSR count). The summed E-state index contributed by atoms with van der Waals surface area (Å²) >= 11 is 1.92. The molecule has 0 saturated carbocycles. The zero-order valence-electron chi connectivity index (χ0n) is 13.1. The normalized spacial score (nSPS) is 23.2. The molecule has 3 heterocycles. The van der Waals surface area contributed by atoms with Crippen LogP contribution in [0.2, 0.25) is 0 Å². The van der Waals surface area contributed by atoms with Crippen LogP contribution in [0.25, 0.3) is 0 Å². The molecule has 1 amide bonds. The smallest absolute Gasteiger partial charge is 0.276 e. The van der Waals surface area contributed by atoms with Crippen molar-refractivity contribution in [3.63, 3.8) is 0 Å². The quantitative estimate of drug-likeness (QED) is 0.880. The molecule has 8 heteroatoms. The van der Waals surface area contributed by atoms with Gasteiger partial charge >= 0.3 is 0 Å². The van der Waals surface area contributed by atoms with Gasteiger partial charge in [0.2, 0.25) is 0 Å². The molecule has 2 aliphatic rings. The molecule has 2 fully saturated rings. The predicted molar refractivity (Wildman–Crippen MR) is 91.0 cm³/mol. The summed E-state index contributed by atoms with van der Waals surface area (Å²) in [6, 6.07) is 0.371. The number of nitrogens with one attached hydrogen (secondary N) is 1. The number of hydrogen-bond donors (Lipinski definition) is 1. The number of halogens is 1. The summed E-state index contributed by atoms with van der Waals surface area (Å²) in [5.41, 5.74) is 1.45. The summed E-state index contributed by atoms with van der Waals surface area (Å²) in [6.45, 7) is 7.78. The second-order valence-electron chi connectivity index (χ2n) is 5.88. The van der Waals surface area contributed by atoms with E-state index in [1.807, 2.05) is 28.3 Å². The lowest BCUT2D eigenvalue weighted by molar-refractivity contribution is 0.0756. The van der Waals surface area contributed by atoms with Crippen molar-refractivity contribution in [1.82, 2.24) is 25.2 Å². The van der Waals surface area contributed by atoms with Gasteiger partial charge in [0.05, 0.1) is 11.7 Å². The first-order valence-corrected chi connectivity index (χ1v) is 8.75. The Balaban J connectivity index is 0.00000176. The van der Waals surface area contributed by atoms with Gasteiger partial charge in [-0.1, -0.05) is 12.1 Å². The van der Waals surface area contributed by atoms with E-state index in [1.54, 1.807) is 0 Å². The van der Waals surface area contributed by atoms with Gasteiger partial charge in [-0.2, -0.15) is 11.8 Å². The molecule has 2 aliphatic heterocycles. The van der Waals surface area contributed by atoms with Crippen LogP contribution in [0.5, 0.6) is 0 Å². The minimum absolute atomic E-state index is 0. The summed E-state index contributed by atoms with van der Waals surface area (Å²) < 4.78 is 1.95. The van der Waals surface area contributed by atoms with Crippen molar-refractivity contribution in [1.29, 1.82) is 0 Å². The van der Waals surface area contributed by atoms with Crippen LogP contribution >= 0.6 is 24.2 Å². The number of rotatable bonds is 2. The van der Waals surface area contributed by atoms with E-state index >= 15 is 0 Å². The van der Waals surface area contributed by atoms with E-state index in [0.29, 0.717) is 17.0 Å². The molecule has 0 aliphatic carbocycles. The van der Waals surface area contributed by atoms with Crippen molar-refractivity contribution in [3.8, 4) is 0 Å². The van der Waals surface area contributed by atoms with Gasteiger partial charge in [0.25, 0.3) is 5.91 Å². The molecule has 0 aromatic carbocycles. The zero-order chi connectivity index (χ0) is 14.8. The minimum atomic E-state index is 0. The number of nitrogens with zero attached hydrogens (tertiary/aromatic N) is 4. The average Bonchev–Trinajstić information content (AvgIpc) is 2.89. The van der Waals surface area contributed by atoms with Gasteiger partial charge in [-0.15, -0.1) is 17.5 Å². The monoisotopic (exact) mass is 345 g/mol. The highest BCUT2D eigenvalue weighted by Gasteiger charge is 2.28. The lowest BCUT2D eigenvalue weighted by atomic mass is 10.1. The van der Waals surface area contributed by atoms with E-state index < -0.39 is 0 Å². The Hall–Kier alpha value is -0.790. The predicted octanol–water partition coefficient (Wildman–Crippen LogP) is 1.51. The van der Waals surface area contributed by atoms with E-state index in [1.165, 1.54) is 0 Å². The van der Waals surface area contributed by atoms with Crippen LogP contribution in [-0.4, -0.2) is 63.0 Å². The lowest BCUT2D eigenvalue weighted by Crippen LogP contribution is -2.41. The Bertz CT molecular complexity index is 517. The Labute approximate surface area is 141 Å². The topological polar surface area (TPSA) is 63.1 Å².